The summed E-state index contributed by atoms with van der Waals surface area (Å²) in [5.41, 5.74) is 1.68. The van der Waals surface area contributed by atoms with Crippen LogP contribution in [0.5, 0.6) is 11.5 Å². The normalized spacial score (nSPS) is 19.5. The van der Waals surface area contributed by atoms with Gasteiger partial charge < -0.3 is 24.4 Å². The molecular weight excluding hydrogens is 394 g/mol. The van der Waals surface area contributed by atoms with Gasteiger partial charge in [-0.2, -0.15) is 0 Å². The summed E-state index contributed by atoms with van der Waals surface area (Å²) in [5, 5.41) is 8.60. The fourth-order valence-electron chi connectivity index (χ4n) is 3.97. The number of hydrogen-bond donors (Lipinski definition) is 1. The molecule has 174 valence electrons. The Morgan fingerprint density at radius 3 is 2.48 bits per heavy atom. The number of cyclic esters (lactones) is 1. The first-order valence-electron chi connectivity index (χ1n) is 11.3. The van der Waals surface area contributed by atoms with Gasteiger partial charge in [-0.3, -0.25) is 4.79 Å². The van der Waals surface area contributed by atoms with Crippen molar-refractivity contribution in [2.45, 2.75) is 59.5 Å². The second kappa shape index (κ2) is 12.1. The number of methoxy groups -OCH3 is 2. The van der Waals surface area contributed by atoms with Gasteiger partial charge in [-0.15, -0.1) is 0 Å². The van der Waals surface area contributed by atoms with E-state index in [1.165, 1.54) is 0 Å². The standard InChI is InChI=1S/C25H39NO5/c1-16(2)19(14-21(26)23-15-20(17(3)4)25(27)31-23)12-18-8-9-22(29-6)24(13-18)30-11-7-10-28-5/h8-9,13,16-17,19-20,23,26H,7,10-12,14-15H2,1-6H3/t19-,20-,23-/m0/s1. The SMILES string of the molecule is COCCCOc1cc(C[C@@H](CC(=N)[C@@H]2C[C@@H](C(C)C)C(=O)O2)C(C)C)ccc1OC. The Hall–Kier alpha value is -2.08. The molecule has 6 nitrogen and oxygen atoms in total. The molecule has 2 rings (SSSR count). The van der Waals surface area contributed by atoms with E-state index in [-0.39, 0.29) is 29.8 Å². The van der Waals surface area contributed by atoms with Crippen LogP contribution in [0.4, 0.5) is 0 Å². The first kappa shape index (κ1) is 25.2. The number of esters is 1. The highest BCUT2D eigenvalue weighted by Gasteiger charge is 2.38. The Balaban J connectivity index is 2.04. The van der Waals surface area contributed by atoms with Crippen LogP contribution in [0.25, 0.3) is 0 Å². The number of ether oxygens (including phenoxy) is 4. The summed E-state index contributed by atoms with van der Waals surface area (Å²) >= 11 is 0. The maximum absolute atomic E-state index is 12.1. The molecule has 0 saturated carbocycles. The van der Waals surface area contributed by atoms with E-state index in [9.17, 15) is 4.79 Å². The third-order valence-corrected chi connectivity index (χ3v) is 6.12. The lowest BCUT2D eigenvalue weighted by Gasteiger charge is -2.23. The average Bonchev–Trinajstić information content (AvgIpc) is 3.13. The van der Waals surface area contributed by atoms with Gasteiger partial charge in [-0.05, 0) is 48.3 Å². The minimum absolute atomic E-state index is 0.0951. The molecule has 1 heterocycles. The summed E-state index contributed by atoms with van der Waals surface area (Å²) in [6.07, 6.45) is 2.51. The van der Waals surface area contributed by atoms with Gasteiger partial charge in [0.15, 0.2) is 11.5 Å². The lowest BCUT2D eigenvalue weighted by molar-refractivity contribution is -0.143. The fourth-order valence-corrected chi connectivity index (χ4v) is 3.97. The van der Waals surface area contributed by atoms with Crippen molar-refractivity contribution >= 4 is 11.7 Å². The molecule has 31 heavy (non-hydrogen) atoms. The van der Waals surface area contributed by atoms with Gasteiger partial charge in [0.1, 0.15) is 6.10 Å². The molecule has 1 fully saturated rings. The highest BCUT2D eigenvalue weighted by atomic mass is 16.6. The second-order valence-electron chi connectivity index (χ2n) is 9.13. The van der Waals surface area contributed by atoms with Gasteiger partial charge in [-0.1, -0.05) is 33.8 Å². The van der Waals surface area contributed by atoms with Crippen LogP contribution in [0.15, 0.2) is 18.2 Å². The Morgan fingerprint density at radius 1 is 1.16 bits per heavy atom. The zero-order valence-electron chi connectivity index (χ0n) is 19.9. The van der Waals surface area contributed by atoms with E-state index < -0.39 is 0 Å². The lowest BCUT2D eigenvalue weighted by atomic mass is 9.83. The quantitative estimate of drug-likeness (QED) is 0.271. The summed E-state index contributed by atoms with van der Waals surface area (Å²) < 4.78 is 22.0. The molecule has 0 aliphatic carbocycles. The van der Waals surface area contributed by atoms with Crippen molar-refractivity contribution < 1.29 is 23.7 Å². The van der Waals surface area contributed by atoms with Crippen LogP contribution in [0.1, 0.15) is 52.5 Å². The molecule has 1 aliphatic rings. The highest BCUT2D eigenvalue weighted by molar-refractivity contribution is 5.91. The number of benzene rings is 1. The van der Waals surface area contributed by atoms with Gasteiger partial charge in [-0.25, -0.2) is 0 Å². The lowest BCUT2D eigenvalue weighted by Crippen LogP contribution is -2.25. The van der Waals surface area contributed by atoms with Crippen molar-refractivity contribution in [2.75, 3.05) is 27.4 Å². The van der Waals surface area contributed by atoms with Gasteiger partial charge in [0.2, 0.25) is 0 Å². The van der Waals surface area contributed by atoms with Crippen molar-refractivity contribution in [3.8, 4) is 11.5 Å². The Kier molecular flexibility index (Phi) is 9.82. The van der Waals surface area contributed by atoms with E-state index in [4.69, 9.17) is 24.4 Å². The average molecular weight is 434 g/mol. The summed E-state index contributed by atoms with van der Waals surface area (Å²) in [6.45, 7) is 9.66. The van der Waals surface area contributed by atoms with E-state index in [2.05, 4.69) is 19.9 Å². The zero-order chi connectivity index (χ0) is 23.0. The molecule has 0 spiro atoms. The van der Waals surface area contributed by atoms with Crippen LogP contribution in [0.2, 0.25) is 0 Å². The summed E-state index contributed by atoms with van der Waals surface area (Å²) in [5.74, 6) is 2.11. The molecule has 0 amide bonds. The van der Waals surface area contributed by atoms with Crippen molar-refractivity contribution in [2.24, 2.45) is 23.7 Å². The van der Waals surface area contributed by atoms with Crippen LogP contribution in [0.3, 0.4) is 0 Å². The maximum atomic E-state index is 12.1. The van der Waals surface area contributed by atoms with Gasteiger partial charge >= 0.3 is 5.97 Å². The Bertz CT molecular complexity index is 731. The molecule has 6 heteroatoms. The Morgan fingerprint density at radius 2 is 1.90 bits per heavy atom. The zero-order valence-corrected chi connectivity index (χ0v) is 19.9. The molecule has 0 aromatic heterocycles. The predicted molar refractivity (Wildman–Crippen MR) is 122 cm³/mol. The number of rotatable bonds is 13. The monoisotopic (exact) mass is 433 g/mol. The van der Waals surface area contributed by atoms with Crippen molar-refractivity contribution in [1.29, 1.82) is 5.41 Å². The van der Waals surface area contributed by atoms with E-state index in [1.54, 1.807) is 14.2 Å². The van der Waals surface area contributed by atoms with Gasteiger partial charge in [0, 0.05) is 32.3 Å². The number of hydrogen-bond acceptors (Lipinski definition) is 6. The van der Waals surface area contributed by atoms with E-state index in [1.807, 2.05) is 26.0 Å². The third kappa shape index (κ3) is 7.23. The molecule has 0 unspecified atom stereocenters. The van der Waals surface area contributed by atoms with Crippen molar-refractivity contribution in [1.82, 2.24) is 0 Å². The maximum Gasteiger partial charge on any atom is 0.310 e. The fraction of sp³-hybridized carbons (Fsp3) is 0.680. The van der Waals surface area contributed by atoms with E-state index in [0.29, 0.717) is 43.4 Å². The minimum Gasteiger partial charge on any atom is -0.493 e. The number of nitrogens with one attached hydrogen (secondary N) is 1. The first-order chi connectivity index (χ1) is 14.8. The molecule has 1 saturated heterocycles. The smallest absolute Gasteiger partial charge is 0.310 e. The summed E-state index contributed by atoms with van der Waals surface area (Å²) in [6, 6.07) is 6.04. The molecular formula is C25H39NO5. The van der Waals surface area contributed by atoms with E-state index in [0.717, 1.165) is 24.2 Å². The van der Waals surface area contributed by atoms with Gasteiger partial charge in [0.05, 0.1) is 19.6 Å². The molecule has 1 aromatic carbocycles. The van der Waals surface area contributed by atoms with Crippen molar-refractivity contribution in [3.63, 3.8) is 0 Å². The highest BCUT2D eigenvalue weighted by Crippen LogP contribution is 2.33. The largest absolute Gasteiger partial charge is 0.493 e. The molecule has 1 aromatic rings. The Labute approximate surface area is 187 Å². The van der Waals surface area contributed by atoms with Gasteiger partial charge in [0.25, 0.3) is 0 Å². The topological polar surface area (TPSA) is 77.8 Å². The first-order valence-corrected chi connectivity index (χ1v) is 11.3. The van der Waals surface area contributed by atoms with Crippen LogP contribution < -0.4 is 9.47 Å². The van der Waals surface area contributed by atoms with Crippen LogP contribution >= 0.6 is 0 Å². The van der Waals surface area contributed by atoms with Crippen molar-refractivity contribution in [3.05, 3.63) is 23.8 Å². The van der Waals surface area contributed by atoms with E-state index >= 15 is 0 Å². The minimum atomic E-state index is -0.378. The predicted octanol–water partition coefficient (Wildman–Crippen LogP) is 4.92. The summed E-state index contributed by atoms with van der Waals surface area (Å²) in [7, 11) is 3.32. The molecule has 0 radical (unpaired) electrons. The number of carbonyl (C=O) groups is 1. The molecule has 1 N–H and O–H groups in total. The van der Waals surface area contributed by atoms with Crippen LogP contribution in [-0.4, -0.2) is 45.2 Å². The van der Waals surface area contributed by atoms with Crippen LogP contribution in [-0.2, 0) is 20.7 Å². The number of carbonyl (C=O) groups excluding carboxylic acids is 1. The van der Waals surface area contributed by atoms with Crippen LogP contribution in [0, 0.1) is 29.1 Å². The second-order valence-corrected chi connectivity index (χ2v) is 9.13. The molecule has 1 aliphatic heterocycles. The summed E-state index contributed by atoms with van der Waals surface area (Å²) in [4.78, 5) is 12.1. The third-order valence-electron chi connectivity index (χ3n) is 6.12. The molecule has 3 atom stereocenters. The molecule has 0 bridgehead atoms.